The summed E-state index contributed by atoms with van der Waals surface area (Å²) in [5.74, 6) is -0.0150. The van der Waals surface area contributed by atoms with Crippen molar-refractivity contribution in [2.24, 2.45) is 0 Å². The fourth-order valence-corrected chi connectivity index (χ4v) is 4.07. The largest absolute Gasteiger partial charge is 0.352 e. The van der Waals surface area contributed by atoms with E-state index in [4.69, 9.17) is 4.98 Å². The van der Waals surface area contributed by atoms with Crippen molar-refractivity contribution in [3.63, 3.8) is 0 Å². The van der Waals surface area contributed by atoms with Crippen LogP contribution in [0.1, 0.15) is 41.6 Å². The van der Waals surface area contributed by atoms with Crippen molar-refractivity contribution in [3.05, 3.63) is 65.7 Å². The van der Waals surface area contributed by atoms with Crippen molar-refractivity contribution in [1.82, 2.24) is 15.2 Å². The van der Waals surface area contributed by atoms with Crippen LogP contribution in [0.5, 0.6) is 0 Å². The SMILES string of the molecule is Cc1ccc2nc(-c3ccccc3)cc(C(=O)NCCCN3CCCCC3)c2c1. The molecule has 2 aromatic carbocycles. The van der Waals surface area contributed by atoms with Gasteiger partial charge in [0.25, 0.3) is 5.91 Å². The van der Waals surface area contributed by atoms with Crippen molar-refractivity contribution < 1.29 is 4.79 Å². The topological polar surface area (TPSA) is 45.2 Å². The Morgan fingerprint density at radius 2 is 1.83 bits per heavy atom. The van der Waals surface area contributed by atoms with Crippen LogP contribution in [0.2, 0.25) is 0 Å². The maximum Gasteiger partial charge on any atom is 0.252 e. The Balaban J connectivity index is 1.52. The highest BCUT2D eigenvalue weighted by Gasteiger charge is 2.15. The fourth-order valence-electron chi connectivity index (χ4n) is 4.07. The van der Waals surface area contributed by atoms with Gasteiger partial charge in [0.05, 0.1) is 16.8 Å². The molecule has 1 fully saturated rings. The number of pyridine rings is 1. The van der Waals surface area contributed by atoms with Gasteiger partial charge in [0, 0.05) is 17.5 Å². The van der Waals surface area contributed by atoms with Gasteiger partial charge in [0.2, 0.25) is 0 Å². The Bertz CT molecular complexity index is 978. The Morgan fingerprint density at radius 3 is 2.62 bits per heavy atom. The van der Waals surface area contributed by atoms with Crippen LogP contribution in [-0.4, -0.2) is 42.0 Å². The highest BCUT2D eigenvalue weighted by molar-refractivity contribution is 6.07. The molecule has 0 aliphatic carbocycles. The summed E-state index contributed by atoms with van der Waals surface area (Å²) in [6, 6.07) is 18.1. The van der Waals surface area contributed by atoms with Gasteiger partial charge in [-0.05, 0) is 64.0 Å². The highest BCUT2D eigenvalue weighted by atomic mass is 16.1. The smallest absolute Gasteiger partial charge is 0.252 e. The molecule has 4 heteroatoms. The molecule has 1 aliphatic rings. The van der Waals surface area contributed by atoms with Crippen LogP contribution in [0, 0.1) is 6.92 Å². The average Bonchev–Trinajstić information content (AvgIpc) is 2.77. The molecule has 1 aromatic heterocycles. The van der Waals surface area contributed by atoms with Gasteiger partial charge in [0.15, 0.2) is 0 Å². The molecule has 0 unspecified atom stereocenters. The second-order valence-corrected chi connectivity index (χ2v) is 7.95. The zero-order valence-electron chi connectivity index (χ0n) is 17.2. The minimum absolute atomic E-state index is 0.0150. The maximum absolute atomic E-state index is 13.1. The lowest BCUT2D eigenvalue weighted by atomic mass is 10.0. The fraction of sp³-hybridized carbons (Fsp3) is 0.360. The number of nitrogens with zero attached hydrogens (tertiary/aromatic N) is 2. The standard InChI is InChI=1S/C25H29N3O/c1-19-11-12-23-21(17-19)22(18-24(27-23)20-9-4-2-5-10-20)25(29)26-13-8-16-28-14-6-3-7-15-28/h2,4-5,9-12,17-18H,3,6-8,13-16H2,1H3,(H,26,29). The third-order valence-electron chi connectivity index (χ3n) is 5.66. The minimum Gasteiger partial charge on any atom is -0.352 e. The monoisotopic (exact) mass is 387 g/mol. The molecule has 2 heterocycles. The van der Waals surface area contributed by atoms with Gasteiger partial charge in [-0.15, -0.1) is 0 Å². The molecule has 1 amide bonds. The van der Waals surface area contributed by atoms with E-state index >= 15 is 0 Å². The predicted octanol–water partition coefficient (Wildman–Crippen LogP) is 4.82. The molecule has 29 heavy (non-hydrogen) atoms. The van der Waals surface area contributed by atoms with Gasteiger partial charge in [-0.3, -0.25) is 4.79 Å². The van der Waals surface area contributed by atoms with Gasteiger partial charge < -0.3 is 10.2 Å². The number of rotatable bonds is 6. The first kappa shape index (κ1) is 19.6. The molecule has 0 radical (unpaired) electrons. The molecule has 3 aromatic rings. The number of aryl methyl sites for hydroxylation is 1. The van der Waals surface area contributed by atoms with Gasteiger partial charge in [0.1, 0.15) is 0 Å². The molecule has 4 nitrogen and oxygen atoms in total. The minimum atomic E-state index is -0.0150. The summed E-state index contributed by atoms with van der Waals surface area (Å²) in [6.07, 6.45) is 4.94. The van der Waals surface area contributed by atoms with Crippen molar-refractivity contribution in [2.45, 2.75) is 32.6 Å². The summed E-state index contributed by atoms with van der Waals surface area (Å²) in [6.45, 7) is 6.20. The van der Waals surface area contributed by atoms with Crippen LogP contribution in [0.25, 0.3) is 22.2 Å². The normalized spacial score (nSPS) is 14.8. The summed E-state index contributed by atoms with van der Waals surface area (Å²) in [7, 11) is 0. The predicted molar refractivity (Wildman–Crippen MR) is 119 cm³/mol. The number of aromatic nitrogens is 1. The zero-order valence-corrected chi connectivity index (χ0v) is 17.2. The van der Waals surface area contributed by atoms with E-state index in [1.807, 2.05) is 55.5 Å². The summed E-state index contributed by atoms with van der Waals surface area (Å²) < 4.78 is 0. The Labute approximate surface area is 173 Å². The number of hydrogen-bond donors (Lipinski definition) is 1. The molecule has 0 saturated carbocycles. The lowest BCUT2D eigenvalue weighted by molar-refractivity contribution is 0.0952. The molecule has 150 valence electrons. The van der Waals surface area contributed by atoms with E-state index in [0.29, 0.717) is 12.1 Å². The first-order valence-corrected chi connectivity index (χ1v) is 10.7. The van der Waals surface area contributed by atoms with Crippen LogP contribution < -0.4 is 5.32 Å². The maximum atomic E-state index is 13.1. The van der Waals surface area contributed by atoms with Crippen molar-refractivity contribution >= 4 is 16.8 Å². The Morgan fingerprint density at radius 1 is 1.03 bits per heavy atom. The summed E-state index contributed by atoms with van der Waals surface area (Å²) >= 11 is 0. The van der Waals surface area contributed by atoms with E-state index < -0.39 is 0 Å². The molecule has 1 aliphatic heterocycles. The molecule has 0 spiro atoms. The third kappa shape index (κ3) is 4.83. The molecular weight excluding hydrogens is 358 g/mol. The molecule has 0 bridgehead atoms. The molecular formula is C25H29N3O. The first-order chi connectivity index (χ1) is 14.2. The van der Waals surface area contributed by atoms with Gasteiger partial charge in [-0.1, -0.05) is 48.4 Å². The van der Waals surface area contributed by atoms with E-state index in [1.54, 1.807) is 0 Å². The van der Waals surface area contributed by atoms with E-state index in [9.17, 15) is 4.79 Å². The number of carbonyl (C=O) groups is 1. The van der Waals surface area contributed by atoms with E-state index in [0.717, 1.165) is 40.7 Å². The summed E-state index contributed by atoms with van der Waals surface area (Å²) in [5, 5.41) is 4.05. The lowest BCUT2D eigenvalue weighted by Gasteiger charge is -2.26. The second kappa shape index (κ2) is 9.19. The molecule has 4 rings (SSSR count). The quantitative estimate of drug-likeness (QED) is 0.617. The zero-order chi connectivity index (χ0) is 20.1. The summed E-state index contributed by atoms with van der Waals surface area (Å²) in [5.41, 5.74) is 4.55. The number of carbonyl (C=O) groups excluding carboxylic acids is 1. The number of fused-ring (bicyclic) bond motifs is 1. The lowest BCUT2D eigenvalue weighted by Crippen LogP contribution is -2.33. The van der Waals surface area contributed by atoms with E-state index in [2.05, 4.69) is 16.3 Å². The second-order valence-electron chi connectivity index (χ2n) is 7.95. The van der Waals surface area contributed by atoms with Crippen molar-refractivity contribution in [3.8, 4) is 11.3 Å². The van der Waals surface area contributed by atoms with Crippen molar-refractivity contribution in [2.75, 3.05) is 26.2 Å². The Kier molecular flexibility index (Phi) is 6.20. The van der Waals surface area contributed by atoms with E-state index in [1.165, 1.54) is 32.4 Å². The molecule has 0 atom stereocenters. The average molecular weight is 388 g/mol. The van der Waals surface area contributed by atoms with Crippen LogP contribution in [0.15, 0.2) is 54.6 Å². The summed E-state index contributed by atoms with van der Waals surface area (Å²) in [4.78, 5) is 20.4. The van der Waals surface area contributed by atoms with Gasteiger partial charge >= 0.3 is 0 Å². The number of benzene rings is 2. The first-order valence-electron chi connectivity index (χ1n) is 10.7. The highest BCUT2D eigenvalue weighted by Crippen LogP contribution is 2.25. The number of piperidine rings is 1. The third-order valence-corrected chi connectivity index (χ3v) is 5.66. The number of hydrogen-bond acceptors (Lipinski definition) is 3. The van der Waals surface area contributed by atoms with Crippen LogP contribution >= 0.6 is 0 Å². The number of nitrogens with one attached hydrogen (secondary N) is 1. The molecule has 1 N–H and O–H groups in total. The van der Waals surface area contributed by atoms with Gasteiger partial charge in [-0.2, -0.15) is 0 Å². The Hall–Kier alpha value is -2.72. The van der Waals surface area contributed by atoms with Gasteiger partial charge in [-0.25, -0.2) is 4.98 Å². The van der Waals surface area contributed by atoms with Crippen LogP contribution in [-0.2, 0) is 0 Å². The number of likely N-dealkylation sites (tertiary alicyclic amines) is 1. The van der Waals surface area contributed by atoms with Crippen molar-refractivity contribution in [1.29, 1.82) is 0 Å². The van der Waals surface area contributed by atoms with Crippen LogP contribution in [0.4, 0.5) is 0 Å². The van der Waals surface area contributed by atoms with E-state index in [-0.39, 0.29) is 5.91 Å². The van der Waals surface area contributed by atoms with Crippen LogP contribution in [0.3, 0.4) is 0 Å². The number of amides is 1. The molecule has 1 saturated heterocycles.